The van der Waals surface area contributed by atoms with E-state index in [2.05, 4.69) is 10.6 Å². The van der Waals surface area contributed by atoms with E-state index in [9.17, 15) is 34.8 Å². The number of phenols is 4. The molecule has 0 fully saturated rings. The zero-order valence-electron chi connectivity index (χ0n) is 16.3. The molecule has 10 heteroatoms. The van der Waals surface area contributed by atoms with Gasteiger partial charge in [0.05, 0.1) is 6.42 Å². The molecular formula is C21H22N2O8. The fourth-order valence-electron chi connectivity index (χ4n) is 2.60. The third-order valence-corrected chi connectivity index (χ3v) is 4.19. The Bertz CT molecular complexity index is 1000. The average molecular weight is 430 g/mol. The molecule has 0 bridgehead atoms. The van der Waals surface area contributed by atoms with Gasteiger partial charge in [0.25, 0.3) is 0 Å². The van der Waals surface area contributed by atoms with Gasteiger partial charge in [-0.15, -0.1) is 0 Å². The second-order valence-electron chi connectivity index (χ2n) is 6.60. The van der Waals surface area contributed by atoms with Gasteiger partial charge < -0.3 is 36.2 Å². The Morgan fingerprint density at radius 1 is 0.903 bits per heavy atom. The molecule has 10 nitrogen and oxygen atoms in total. The van der Waals surface area contributed by atoms with Crippen LogP contribution in [0.4, 0.5) is 0 Å². The topological polar surface area (TPSA) is 176 Å². The number of carbonyl (C=O) groups excluding carboxylic acids is 2. The maximum Gasteiger partial charge on any atom is 0.305 e. The van der Waals surface area contributed by atoms with Crippen LogP contribution in [0.1, 0.15) is 17.5 Å². The third kappa shape index (κ3) is 7.28. The highest BCUT2D eigenvalue weighted by Crippen LogP contribution is 2.25. The lowest BCUT2D eigenvalue weighted by Gasteiger charge is -2.16. The highest BCUT2D eigenvalue weighted by molar-refractivity contribution is 5.96. The number of phenolic OH excluding ortho intramolecular Hbond substituents is 4. The van der Waals surface area contributed by atoms with Crippen LogP contribution in [-0.2, 0) is 20.8 Å². The lowest BCUT2D eigenvalue weighted by Crippen LogP contribution is -2.47. The van der Waals surface area contributed by atoms with E-state index >= 15 is 0 Å². The average Bonchev–Trinajstić information content (AvgIpc) is 2.70. The van der Waals surface area contributed by atoms with Crippen molar-refractivity contribution in [1.82, 2.24) is 10.6 Å². The third-order valence-electron chi connectivity index (χ3n) is 4.19. The first-order valence-corrected chi connectivity index (χ1v) is 9.16. The molecule has 0 unspecified atom stereocenters. The molecule has 0 aromatic heterocycles. The van der Waals surface area contributed by atoms with Gasteiger partial charge >= 0.3 is 5.97 Å². The molecular weight excluding hydrogens is 408 g/mol. The number of carbonyl (C=O) groups is 3. The van der Waals surface area contributed by atoms with Gasteiger partial charge in [-0.25, -0.2) is 0 Å². The number of amides is 2. The Morgan fingerprint density at radius 3 is 2.16 bits per heavy atom. The number of nitrogens with one attached hydrogen (secondary N) is 2. The first kappa shape index (κ1) is 23.1. The van der Waals surface area contributed by atoms with E-state index in [0.29, 0.717) is 17.5 Å². The van der Waals surface area contributed by atoms with Crippen molar-refractivity contribution in [3.05, 3.63) is 53.6 Å². The van der Waals surface area contributed by atoms with Crippen molar-refractivity contribution in [3.8, 4) is 23.0 Å². The molecule has 0 heterocycles. The largest absolute Gasteiger partial charge is 0.504 e. The van der Waals surface area contributed by atoms with Crippen molar-refractivity contribution in [3.63, 3.8) is 0 Å². The number of rotatable bonds is 9. The van der Waals surface area contributed by atoms with Gasteiger partial charge in [0.1, 0.15) is 6.04 Å². The van der Waals surface area contributed by atoms with Crippen LogP contribution < -0.4 is 10.6 Å². The van der Waals surface area contributed by atoms with E-state index in [1.165, 1.54) is 36.4 Å². The summed E-state index contributed by atoms with van der Waals surface area (Å²) in [6.45, 7) is 0.109. The predicted octanol–water partition coefficient (Wildman–Crippen LogP) is 0.841. The maximum absolute atomic E-state index is 12.3. The van der Waals surface area contributed by atoms with Crippen LogP contribution in [0, 0.1) is 0 Å². The molecule has 164 valence electrons. The van der Waals surface area contributed by atoms with Crippen LogP contribution in [0.5, 0.6) is 23.0 Å². The second-order valence-corrected chi connectivity index (χ2v) is 6.60. The standard InChI is InChI=1S/C21H22N2O8/c24-15-4-1-12(9-17(15)26)3-6-19(28)23-14(11-20(29)30)21(31)22-8-7-13-2-5-16(25)18(27)10-13/h1-6,9-10,14,24-27H,7-8,11H2,(H,22,31)(H,23,28)(H,29,30)/b6-3+/t14-/m0/s1. The number of carboxylic acids is 1. The highest BCUT2D eigenvalue weighted by atomic mass is 16.4. The van der Waals surface area contributed by atoms with Crippen molar-refractivity contribution in [1.29, 1.82) is 0 Å². The summed E-state index contributed by atoms with van der Waals surface area (Å²) in [5, 5.41) is 51.3. The van der Waals surface area contributed by atoms with Crippen molar-refractivity contribution in [2.24, 2.45) is 0 Å². The van der Waals surface area contributed by atoms with Gasteiger partial charge in [-0.2, -0.15) is 0 Å². The van der Waals surface area contributed by atoms with E-state index in [1.54, 1.807) is 6.07 Å². The summed E-state index contributed by atoms with van der Waals surface area (Å²) < 4.78 is 0. The molecule has 0 saturated heterocycles. The minimum absolute atomic E-state index is 0.109. The van der Waals surface area contributed by atoms with E-state index < -0.39 is 30.2 Å². The van der Waals surface area contributed by atoms with E-state index in [4.69, 9.17) is 5.11 Å². The smallest absolute Gasteiger partial charge is 0.305 e. The SMILES string of the molecule is O=C(O)C[C@H](NC(=O)/C=C/c1ccc(O)c(O)c1)C(=O)NCCc1ccc(O)c(O)c1. The summed E-state index contributed by atoms with van der Waals surface area (Å²) in [5.41, 5.74) is 1.04. The molecule has 2 aromatic rings. The lowest BCUT2D eigenvalue weighted by atomic mass is 10.1. The molecule has 2 amide bonds. The van der Waals surface area contributed by atoms with Crippen LogP contribution in [0.15, 0.2) is 42.5 Å². The fraction of sp³-hybridized carbons (Fsp3) is 0.190. The van der Waals surface area contributed by atoms with Crippen molar-refractivity contribution < 1.29 is 39.9 Å². The summed E-state index contributed by atoms with van der Waals surface area (Å²) >= 11 is 0. The summed E-state index contributed by atoms with van der Waals surface area (Å²) in [6, 6.07) is 6.79. The number of hydrogen-bond donors (Lipinski definition) is 7. The number of aromatic hydroxyl groups is 4. The Hall–Kier alpha value is -4.21. The summed E-state index contributed by atoms with van der Waals surface area (Å²) in [6.07, 6.45) is 2.05. The highest BCUT2D eigenvalue weighted by Gasteiger charge is 2.22. The summed E-state index contributed by atoms with van der Waals surface area (Å²) in [5.74, 6) is -3.96. The van der Waals surface area contributed by atoms with Gasteiger partial charge in [0.15, 0.2) is 23.0 Å². The molecule has 0 aliphatic rings. The Kier molecular flexibility index (Phi) is 7.84. The van der Waals surface area contributed by atoms with Gasteiger partial charge in [-0.1, -0.05) is 12.1 Å². The molecule has 7 N–H and O–H groups in total. The Morgan fingerprint density at radius 2 is 1.55 bits per heavy atom. The second kappa shape index (κ2) is 10.5. The van der Waals surface area contributed by atoms with E-state index in [-0.39, 0.29) is 29.5 Å². The van der Waals surface area contributed by atoms with Gasteiger partial charge in [0, 0.05) is 12.6 Å². The van der Waals surface area contributed by atoms with Gasteiger partial charge in [-0.3, -0.25) is 14.4 Å². The summed E-state index contributed by atoms with van der Waals surface area (Å²) in [7, 11) is 0. The fourth-order valence-corrected chi connectivity index (χ4v) is 2.60. The lowest BCUT2D eigenvalue weighted by molar-refractivity contribution is -0.140. The van der Waals surface area contributed by atoms with Crippen molar-refractivity contribution >= 4 is 23.9 Å². The van der Waals surface area contributed by atoms with Crippen LogP contribution in [0.2, 0.25) is 0 Å². The maximum atomic E-state index is 12.3. The minimum atomic E-state index is -1.32. The molecule has 2 rings (SSSR count). The Balaban J connectivity index is 1.94. The first-order valence-electron chi connectivity index (χ1n) is 9.16. The van der Waals surface area contributed by atoms with Crippen LogP contribution in [0.25, 0.3) is 6.08 Å². The molecule has 0 aliphatic carbocycles. The zero-order chi connectivity index (χ0) is 23.0. The van der Waals surface area contributed by atoms with Gasteiger partial charge in [-0.05, 0) is 47.9 Å². The number of hydrogen-bond acceptors (Lipinski definition) is 7. The van der Waals surface area contributed by atoms with Crippen molar-refractivity contribution in [2.45, 2.75) is 18.9 Å². The molecule has 0 spiro atoms. The van der Waals surface area contributed by atoms with E-state index in [0.717, 1.165) is 6.08 Å². The Labute approximate surface area is 177 Å². The van der Waals surface area contributed by atoms with E-state index in [1.807, 2.05) is 0 Å². The van der Waals surface area contributed by atoms with Crippen LogP contribution >= 0.6 is 0 Å². The molecule has 2 aromatic carbocycles. The molecule has 0 radical (unpaired) electrons. The molecule has 1 atom stereocenters. The van der Waals surface area contributed by atoms with Crippen LogP contribution in [-0.4, -0.2) is 55.9 Å². The summed E-state index contributed by atoms with van der Waals surface area (Å²) in [4.78, 5) is 35.5. The first-order chi connectivity index (χ1) is 14.7. The number of aliphatic carboxylic acids is 1. The monoisotopic (exact) mass is 430 g/mol. The minimum Gasteiger partial charge on any atom is -0.504 e. The van der Waals surface area contributed by atoms with Gasteiger partial charge in [0.2, 0.25) is 11.8 Å². The van der Waals surface area contributed by atoms with Crippen molar-refractivity contribution in [2.75, 3.05) is 6.54 Å². The number of carboxylic acid groups (broad SMARTS) is 1. The normalized spacial score (nSPS) is 11.7. The molecule has 31 heavy (non-hydrogen) atoms. The predicted molar refractivity (Wildman–Crippen MR) is 109 cm³/mol. The van der Waals surface area contributed by atoms with Crippen LogP contribution in [0.3, 0.4) is 0 Å². The molecule has 0 aliphatic heterocycles. The quantitative estimate of drug-likeness (QED) is 0.226. The zero-order valence-corrected chi connectivity index (χ0v) is 16.3. The number of benzene rings is 2. The molecule has 0 saturated carbocycles.